The van der Waals surface area contributed by atoms with E-state index < -0.39 is 5.97 Å². The Morgan fingerprint density at radius 2 is 2.12 bits per heavy atom. The van der Waals surface area contributed by atoms with Crippen LogP contribution < -0.4 is 5.32 Å². The first-order chi connectivity index (χ1) is 7.33. The Hall–Kier alpha value is -0.570. The summed E-state index contributed by atoms with van der Waals surface area (Å²) >= 11 is 0. The molecule has 1 rings (SSSR count). The van der Waals surface area contributed by atoms with Crippen molar-refractivity contribution < 1.29 is 9.90 Å². The molecule has 0 radical (unpaired) electrons. The van der Waals surface area contributed by atoms with Crippen molar-refractivity contribution in [1.29, 1.82) is 0 Å². The van der Waals surface area contributed by atoms with Crippen LogP contribution >= 0.6 is 0 Å². The van der Waals surface area contributed by atoms with E-state index in [1.54, 1.807) is 0 Å². The predicted molar refractivity (Wildman–Crippen MR) is 65.4 cm³/mol. The van der Waals surface area contributed by atoms with Crippen molar-refractivity contribution in [3.05, 3.63) is 0 Å². The Morgan fingerprint density at radius 1 is 1.50 bits per heavy atom. The standard InChI is InChI=1S/C13H25NO2/c1-9(2)8-10(12(15)16)14-11-6-5-7-13(11,3)4/h9-11,14H,5-8H2,1-4H3,(H,15,16). The van der Waals surface area contributed by atoms with Gasteiger partial charge in [-0.1, -0.05) is 34.1 Å². The number of carboxylic acid groups (broad SMARTS) is 1. The Kier molecular flexibility index (Phi) is 4.36. The van der Waals surface area contributed by atoms with Crippen molar-refractivity contribution in [3.63, 3.8) is 0 Å². The van der Waals surface area contributed by atoms with Gasteiger partial charge in [0.05, 0.1) is 0 Å². The zero-order valence-electron chi connectivity index (χ0n) is 10.9. The van der Waals surface area contributed by atoms with Gasteiger partial charge in [-0.3, -0.25) is 4.79 Å². The van der Waals surface area contributed by atoms with Gasteiger partial charge in [-0.2, -0.15) is 0 Å². The number of carbonyl (C=O) groups is 1. The topological polar surface area (TPSA) is 49.3 Å². The first-order valence-electron chi connectivity index (χ1n) is 6.32. The number of carboxylic acids is 1. The van der Waals surface area contributed by atoms with Crippen LogP contribution in [0.25, 0.3) is 0 Å². The fourth-order valence-electron chi connectivity index (χ4n) is 2.59. The largest absolute Gasteiger partial charge is 0.480 e. The molecule has 1 aliphatic carbocycles. The van der Waals surface area contributed by atoms with E-state index in [-0.39, 0.29) is 11.5 Å². The molecule has 2 N–H and O–H groups in total. The summed E-state index contributed by atoms with van der Waals surface area (Å²) in [4.78, 5) is 11.2. The van der Waals surface area contributed by atoms with Gasteiger partial charge in [-0.15, -0.1) is 0 Å². The van der Waals surface area contributed by atoms with Crippen LogP contribution in [-0.2, 0) is 4.79 Å². The zero-order chi connectivity index (χ0) is 12.3. The lowest BCUT2D eigenvalue weighted by atomic mass is 9.86. The van der Waals surface area contributed by atoms with E-state index in [0.29, 0.717) is 18.4 Å². The Bertz CT molecular complexity index is 248. The molecule has 0 saturated heterocycles. The minimum atomic E-state index is -0.712. The SMILES string of the molecule is CC(C)CC(NC1CCCC1(C)C)C(=O)O. The smallest absolute Gasteiger partial charge is 0.320 e. The summed E-state index contributed by atoms with van der Waals surface area (Å²) in [5.74, 6) is -0.297. The second-order valence-electron chi connectivity index (χ2n) is 6.12. The molecule has 3 heteroatoms. The maximum atomic E-state index is 11.2. The highest BCUT2D eigenvalue weighted by atomic mass is 16.4. The molecule has 0 bridgehead atoms. The molecule has 0 aromatic carbocycles. The molecule has 0 aliphatic heterocycles. The van der Waals surface area contributed by atoms with Crippen LogP contribution in [0, 0.1) is 11.3 Å². The van der Waals surface area contributed by atoms with Crippen LogP contribution in [0.5, 0.6) is 0 Å². The highest BCUT2D eigenvalue weighted by molar-refractivity contribution is 5.73. The molecule has 0 aromatic heterocycles. The van der Waals surface area contributed by atoms with Gasteiger partial charge in [0, 0.05) is 6.04 Å². The van der Waals surface area contributed by atoms with Gasteiger partial charge < -0.3 is 10.4 Å². The van der Waals surface area contributed by atoms with Crippen LogP contribution in [0.1, 0.15) is 53.4 Å². The van der Waals surface area contributed by atoms with Gasteiger partial charge in [0.2, 0.25) is 0 Å². The third-order valence-electron chi connectivity index (χ3n) is 3.66. The molecule has 0 amide bonds. The summed E-state index contributed by atoms with van der Waals surface area (Å²) in [5, 5.41) is 12.5. The Labute approximate surface area is 98.6 Å². The van der Waals surface area contributed by atoms with E-state index in [4.69, 9.17) is 0 Å². The third-order valence-corrected chi connectivity index (χ3v) is 3.66. The van der Waals surface area contributed by atoms with Gasteiger partial charge in [0.1, 0.15) is 6.04 Å². The number of hydrogen-bond donors (Lipinski definition) is 2. The molecule has 1 aliphatic rings. The van der Waals surface area contributed by atoms with Crippen molar-refractivity contribution in [3.8, 4) is 0 Å². The van der Waals surface area contributed by atoms with Gasteiger partial charge >= 0.3 is 5.97 Å². The monoisotopic (exact) mass is 227 g/mol. The highest BCUT2D eigenvalue weighted by Crippen LogP contribution is 2.37. The molecule has 0 heterocycles. The van der Waals surface area contributed by atoms with E-state index in [0.717, 1.165) is 6.42 Å². The average Bonchev–Trinajstić information content (AvgIpc) is 2.43. The molecule has 0 aromatic rings. The lowest BCUT2D eigenvalue weighted by molar-refractivity contribution is -0.140. The molecule has 2 unspecified atom stereocenters. The normalized spacial score (nSPS) is 25.9. The van der Waals surface area contributed by atoms with Crippen molar-refractivity contribution in [2.45, 2.75) is 65.5 Å². The van der Waals surface area contributed by atoms with Crippen LogP contribution in [0.4, 0.5) is 0 Å². The summed E-state index contributed by atoms with van der Waals surface area (Å²) in [7, 11) is 0. The second kappa shape index (κ2) is 5.17. The van der Waals surface area contributed by atoms with Crippen molar-refractivity contribution in [2.75, 3.05) is 0 Å². The molecular weight excluding hydrogens is 202 g/mol. The number of nitrogens with one attached hydrogen (secondary N) is 1. The maximum Gasteiger partial charge on any atom is 0.320 e. The van der Waals surface area contributed by atoms with Gasteiger partial charge in [0.25, 0.3) is 0 Å². The van der Waals surface area contributed by atoms with E-state index in [1.807, 2.05) is 0 Å². The second-order valence-corrected chi connectivity index (χ2v) is 6.12. The first-order valence-corrected chi connectivity index (χ1v) is 6.32. The lowest BCUT2D eigenvalue weighted by Gasteiger charge is -2.31. The zero-order valence-corrected chi connectivity index (χ0v) is 10.9. The highest BCUT2D eigenvalue weighted by Gasteiger charge is 2.36. The van der Waals surface area contributed by atoms with Crippen LogP contribution in [0.3, 0.4) is 0 Å². The minimum Gasteiger partial charge on any atom is -0.480 e. The van der Waals surface area contributed by atoms with E-state index in [1.165, 1.54) is 12.8 Å². The third kappa shape index (κ3) is 3.48. The molecule has 3 nitrogen and oxygen atoms in total. The molecule has 0 spiro atoms. The van der Waals surface area contributed by atoms with Crippen molar-refractivity contribution >= 4 is 5.97 Å². The Balaban J connectivity index is 2.58. The van der Waals surface area contributed by atoms with E-state index >= 15 is 0 Å². The van der Waals surface area contributed by atoms with Gasteiger partial charge in [-0.25, -0.2) is 0 Å². The summed E-state index contributed by atoms with van der Waals surface area (Å²) in [6, 6.07) is -0.0327. The van der Waals surface area contributed by atoms with Crippen LogP contribution in [0.15, 0.2) is 0 Å². The maximum absolute atomic E-state index is 11.2. The molecule has 2 atom stereocenters. The van der Waals surface area contributed by atoms with Crippen LogP contribution in [0.2, 0.25) is 0 Å². The van der Waals surface area contributed by atoms with Gasteiger partial charge in [0.15, 0.2) is 0 Å². The van der Waals surface area contributed by atoms with E-state index in [2.05, 4.69) is 33.0 Å². The number of aliphatic carboxylic acids is 1. The minimum absolute atomic E-state index is 0.241. The molecule has 1 saturated carbocycles. The molecule has 1 fully saturated rings. The number of hydrogen-bond acceptors (Lipinski definition) is 2. The summed E-state index contributed by atoms with van der Waals surface area (Å²) in [6.45, 7) is 8.59. The quantitative estimate of drug-likeness (QED) is 0.759. The first kappa shape index (κ1) is 13.5. The van der Waals surface area contributed by atoms with Crippen molar-refractivity contribution in [1.82, 2.24) is 5.32 Å². The molecular formula is C13H25NO2. The Morgan fingerprint density at radius 3 is 2.50 bits per heavy atom. The molecule has 16 heavy (non-hydrogen) atoms. The van der Waals surface area contributed by atoms with Crippen molar-refractivity contribution in [2.24, 2.45) is 11.3 Å². The summed E-state index contributed by atoms with van der Waals surface area (Å²) in [6.07, 6.45) is 4.22. The summed E-state index contributed by atoms with van der Waals surface area (Å²) in [5.41, 5.74) is 0.241. The fourth-order valence-corrected chi connectivity index (χ4v) is 2.59. The summed E-state index contributed by atoms with van der Waals surface area (Å²) < 4.78 is 0. The number of rotatable bonds is 5. The van der Waals surface area contributed by atoms with Crippen LogP contribution in [-0.4, -0.2) is 23.2 Å². The average molecular weight is 227 g/mol. The molecule has 94 valence electrons. The van der Waals surface area contributed by atoms with Gasteiger partial charge in [-0.05, 0) is 30.6 Å². The fraction of sp³-hybridized carbons (Fsp3) is 0.923. The predicted octanol–water partition coefficient (Wildman–Crippen LogP) is 2.65. The lowest BCUT2D eigenvalue weighted by Crippen LogP contribution is -2.48. The van der Waals surface area contributed by atoms with E-state index in [9.17, 15) is 9.90 Å².